The Kier molecular flexibility index (Phi) is 5.66. The van der Waals surface area contributed by atoms with Crippen LogP contribution in [0.15, 0.2) is 77.3 Å². The lowest BCUT2D eigenvalue weighted by atomic mass is 10.1. The van der Waals surface area contributed by atoms with E-state index in [1.807, 2.05) is 61.5 Å². The number of esters is 1. The van der Waals surface area contributed by atoms with Gasteiger partial charge in [0.15, 0.2) is 12.4 Å². The Balaban J connectivity index is 1.42. The van der Waals surface area contributed by atoms with Crippen LogP contribution in [0.1, 0.15) is 10.4 Å². The average molecular weight is 415 g/mol. The summed E-state index contributed by atoms with van der Waals surface area (Å²) in [6.45, 7) is -0.387. The number of nitrogens with zero attached hydrogens (tertiary/aromatic N) is 2. The summed E-state index contributed by atoms with van der Waals surface area (Å²) in [4.78, 5) is 26.6. The highest BCUT2D eigenvalue weighted by Gasteiger charge is 2.16. The number of nitrogens with one attached hydrogen (secondary N) is 1. The van der Waals surface area contributed by atoms with Crippen LogP contribution in [-0.4, -0.2) is 37.7 Å². The molecule has 156 valence electrons. The Morgan fingerprint density at radius 3 is 2.45 bits per heavy atom. The first-order valence-electron chi connectivity index (χ1n) is 9.70. The fourth-order valence-electron chi connectivity index (χ4n) is 3.12. The van der Waals surface area contributed by atoms with Crippen molar-refractivity contribution < 1.29 is 18.8 Å². The van der Waals surface area contributed by atoms with Crippen LogP contribution in [0, 0.1) is 0 Å². The van der Waals surface area contributed by atoms with Gasteiger partial charge in [-0.1, -0.05) is 35.5 Å². The predicted molar refractivity (Wildman–Crippen MR) is 119 cm³/mol. The third-order valence-electron chi connectivity index (χ3n) is 4.75. The summed E-state index contributed by atoms with van der Waals surface area (Å²) in [5, 5.41) is 7.45. The van der Waals surface area contributed by atoms with Crippen molar-refractivity contribution in [3.8, 4) is 11.3 Å². The van der Waals surface area contributed by atoms with E-state index in [0.29, 0.717) is 27.9 Å². The molecule has 0 fully saturated rings. The van der Waals surface area contributed by atoms with Gasteiger partial charge >= 0.3 is 5.97 Å². The normalized spacial score (nSPS) is 10.6. The minimum absolute atomic E-state index is 0.316. The molecule has 0 atom stereocenters. The molecule has 0 aliphatic carbocycles. The maximum Gasteiger partial charge on any atom is 0.338 e. The van der Waals surface area contributed by atoms with Gasteiger partial charge in [0.05, 0.1) is 10.9 Å². The summed E-state index contributed by atoms with van der Waals surface area (Å²) in [5.74, 6) is -0.439. The number of carbonyl (C=O) groups is 2. The molecule has 0 saturated heterocycles. The Morgan fingerprint density at radius 1 is 1.00 bits per heavy atom. The molecular weight excluding hydrogens is 394 g/mol. The molecule has 7 nitrogen and oxygen atoms in total. The number of fused-ring (bicyclic) bond motifs is 1. The van der Waals surface area contributed by atoms with Crippen LogP contribution in [0.3, 0.4) is 0 Å². The van der Waals surface area contributed by atoms with Crippen LogP contribution in [0.25, 0.3) is 22.2 Å². The van der Waals surface area contributed by atoms with E-state index in [-0.39, 0.29) is 6.61 Å². The van der Waals surface area contributed by atoms with Gasteiger partial charge in [-0.2, -0.15) is 0 Å². The molecule has 1 aromatic heterocycles. The van der Waals surface area contributed by atoms with E-state index in [1.54, 1.807) is 30.3 Å². The second-order valence-electron chi connectivity index (χ2n) is 7.18. The largest absolute Gasteiger partial charge is 0.452 e. The van der Waals surface area contributed by atoms with E-state index < -0.39 is 11.9 Å². The molecular formula is C24H21N3O4. The maximum absolute atomic E-state index is 12.5. The third-order valence-corrected chi connectivity index (χ3v) is 4.75. The van der Waals surface area contributed by atoms with Crippen LogP contribution in [0.2, 0.25) is 0 Å². The summed E-state index contributed by atoms with van der Waals surface area (Å²) in [7, 11) is 3.87. The maximum atomic E-state index is 12.5. The van der Waals surface area contributed by atoms with E-state index in [9.17, 15) is 9.59 Å². The number of amides is 1. The van der Waals surface area contributed by atoms with Crippen molar-refractivity contribution in [2.75, 3.05) is 30.9 Å². The zero-order chi connectivity index (χ0) is 21.8. The van der Waals surface area contributed by atoms with E-state index in [1.165, 1.54) is 0 Å². The Bertz CT molecular complexity index is 1210. The topological polar surface area (TPSA) is 84.7 Å². The second kappa shape index (κ2) is 8.71. The van der Waals surface area contributed by atoms with Gasteiger partial charge in [0, 0.05) is 31.0 Å². The summed E-state index contributed by atoms with van der Waals surface area (Å²) in [6, 6.07) is 21.8. The molecule has 0 radical (unpaired) electrons. The van der Waals surface area contributed by atoms with E-state index in [0.717, 1.165) is 11.3 Å². The zero-order valence-corrected chi connectivity index (χ0v) is 17.2. The fraction of sp³-hybridized carbons (Fsp3) is 0.125. The molecule has 0 aliphatic rings. The minimum atomic E-state index is -0.597. The molecule has 1 amide bonds. The Hall–Kier alpha value is -4.13. The molecule has 0 spiro atoms. The summed E-state index contributed by atoms with van der Waals surface area (Å²) >= 11 is 0. The average Bonchev–Trinajstić information content (AvgIpc) is 3.21. The van der Waals surface area contributed by atoms with Crippen molar-refractivity contribution in [3.63, 3.8) is 0 Å². The molecule has 1 heterocycles. The highest BCUT2D eigenvalue weighted by atomic mass is 16.5. The van der Waals surface area contributed by atoms with Crippen molar-refractivity contribution >= 4 is 34.2 Å². The molecule has 3 aromatic carbocycles. The van der Waals surface area contributed by atoms with Gasteiger partial charge in [0.2, 0.25) is 0 Å². The molecule has 1 N–H and O–H groups in total. The number of benzene rings is 3. The summed E-state index contributed by atoms with van der Waals surface area (Å²) < 4.78 is 10.6. The Morgan fingerprint density at radius 2 is 1.74 bits per heavy atom. The van der Waals surface area contributed by atoms with Crippen LogP contribution >= 0.6 is 0 Å². The van der Waals surface area contributed by atoms with E-state index >= 15 is 0 Å². The smallest absolute Gasteiger partial charge is 0.338 e. The number of hydrogen-bond acceptors (Lipinski definition) is 6. The molecule has 0 bridgehead atoms. The first-order valence-corrected chi connectivity index (χ1v) is 9.70. The van der Waals surface area contributed by atoms with Crippen molar-refractivity contribution in [2.24, 2.45) is 0 Å². The first kappa shape index (κ1) is 20.2. The standard InChI is InChI=1S/C24H21N3O4/c1-27(2)19-11-9-18(10-12-19)25-22(28)15-30-24(29)17-8-13-21-20(14-17)23(31-26-21)16-6-4-3-5-7-16/h3-14H,15H2,1-2H3,(H,25,28). The summed E-state index contributed by atoms with van der Waals surface area (Å²) in [6.07, 6.45) is 0. The number of ether oxygens (including phenoxy) is 1. The zero-order valence-electron chi connectivity index (χ0n) is 17.2. The number of anilines is 2. The molecule has 7 heteroatoms. The van der Waals surface area contributed by atoms with E-state index in [2.05, 4.69) is 10.5 Å². The monoisotopic (exact) mass is 415 g/mol. The van der Waals surface area contributed by atoms with Gasteiger partial charge in [-0.3, -0.25) is 4.79 Å². The lowest BCUT2D eigenvalue weighted by Crippen LogP contribution is -2.21. The van der Waals surface area contributed by atoms with Crippen molar-refractivity contribution in [1.82, 2.24) is 5.16 Å². The van der Waals surface area contributed by atoms with Gasteiger partial charge in [-0.25, -0.2) is 4.79 Å². The minimum Gasteiger partial charge on any atom is -0.452 e. The summed E-state index contributed by atoms with van der Waals surface area (Å²) in [5.41, 5.74) is 3.45. The lowest BCUT2D eigenvalue weighted by molar-refractivity contribution is -0.119. The second-order valence-corrected chi connectivity index (χ2v) is 7.18. The molecule has 4 rings (SSSR count). The van der Waals surface area contributed by atoms with Gasteiger partial charge in [0.25, 0.3) is 5.91 Å². The van der Waals surface area contributed by atoms with Gasteiger partial charge in [-0.05, 0) is 42.5 Å². The third kappa shape index (κ3) is 4.56. The fourth-order valence-corrected chi connectivity index (χ4v) is 3.12. The van der Waals surface area contributed by atoms with Gasteiger partial charge < -0.3 is 19.5 Å². The van der Waals surface area contributed by atoms with Crippen LogP contribution < -0.4 is 10.2 Å². The van der Waals surface area contributed by atoms with Gasteiger partial charge in [0.1, 0.15) is 5.52 Å². The molecule has 4 aromatic rings. The molecule has 0 unspecified atom stereocenters. The number of aromatic nitrogens is 1. The quantitative estimate of drug-likeness (QED) is 0.471. The number of rotatable bonds is 6. The molecule has 0 aliphatic heterocycles. The Labute approximate surface area is 179 Å². The van der Waals surface area contributed by atoms with Crippen LogP contribution in [0.4, 0.5) is 11.4 Å². The van der Waals surface area contributed by atoms with Gasteiger partial charge in [-0.15, -0.1) is 0 Å². The van der Waals surface area contributed by atoms with Crippen LogP contribution in [0.5, 0.6) is 0 Å². The van der Waals surface area contributed by atoms with Crippen LogP contribution in [-0.2, 0) is 9.53 Å². The molecule has 0 saturated carbocycles. The highest BCUT2D eigenvalue weighted by Crippen LogP contribution is 2.29. The molecule has 31 heavy (non-hydrogen) atoms. The predicted octanol–water partition coefficient (Wildman–Crippen LogP) is 4.36. The SMILES string of the molecule is CN(C)c1ccc(NC(=O)COC(=O)c2ccc3noc(-c4ccccc4)c3c2)cc1. The lowest BCUT2D eigenvalue weighted by Gasteiger charge is -2.13. The van der Waals surface area contributed by atoms with Crippen molar-refractivity contribution in [2.45, 2.75) is 0 Å². The number of hydrogen-bond donors (Lipinski definition) is 1. The van der Waals surface area contributed by atoms with Crippen molar-refractivity contribution in [3.05, 3.63) is 78.4 Å². The van der Waals surface area contributed by atoms with Crippen molar-refractivity contribution in [1.29, 1.82) is 0 Å². The highest BCUT2D eigenvalue weighted by molar-refractivity contribution is 6.00. The van der Waals surface area contributed by atoms with E-state index in [4.69, 9.17) is 9.26 Å². The first-order chi connectivity index (χ1) is 15.0. The number of carbonyl (C=O) groups excluding carboxylic acids is 2.